The summed E-state index contributed by atoms with van der Waals surface area (Å²) >= 11 is 7.27. The van der Waals surface area contributed by atoms with E-state index in [0.717, 1.165) is 4.88 Å². The molecule has 0 radical (unpaired) electrons. The number of hydrogen-bond donors (Lipinski definition) is 0. The van der Waals surface area contributed by atoms with Gasteiger partial charge >= 0.3 is 0 Å². The van der Waals surface area contributed by atoms with E-state index in [-0.39, 0.29) is 5.88 Å². The molecule has 0 atom stereocenters. The zero-order valence-electron chi connectivity index (χ0n) is 10.7. The molecule has 2 saturated carbocycles. The van der Waals surface area contributed by atoms with Crippen LogP contribution in [0.1, 0.15) is 30.6 Å². The first-order chi connectivity index (χ1) is 9.11. The fraction of sp³-hybridized carbons (Fsp3) is 0.692. The van der Waals surface area contributed by atoms with Gasteiger partial charge in [0.1, 0.15) is 0 Å². The Hall–Kier alpha value is -0.100. The Morgan fingerprint density at radius 1 is 1.21 bits per heavy atom. The predicted octanol–water partition coefficient (Wildman–Crippen LogP) is 3.30. The van der Waals surface area contributed by atoms with Gasteiger partial charge in [-0.1, -0.05) is 0 Å². The first kappa shape index (κ1) is 13.9. The Kier molecular flexibility index (Phi) is 3.91. The normalized spacial score (nSPS) is 20.1. The second-order valence-electron chi connectivity index (χ2n) is 5.55. The van der Waals surface area contributed by atoms with Crippen LogP contribution in [0.4, 0.5) is 0 Å². The highest BCUT2D eigenvalue weighted by Crippen LogP contribution is 2.37. The lowest BCUT2D eigenvalue weighted by atomic mass is 10.4. The van der Waals surface area contributed by atoms with Gasteiger partial charge in [0.05, 0.1) is 10.8 Å². The third kappa shape index (κ3) is 3.15. The maximum atomic E-state index is 12.8. The third-order valence-electron chi connectivity index (χ3n) is 3.76. The molecule has 0 bridgehead atoms. The van der Waals surface area contributed by atoms with Gasteiger partial charge in [-0.3, -0.25) is 0 Å². The van der Waals surface area contributed by atoms with Crippen molar-refractivity contribution in [2.24, 2.45) is 11.8 Å². The molecule has 106 valence electrons. The van der Waals surface area contributed by atoms with Gasteiger partial charge < -0.3 is 0 Å². The molecule has 0 aliphatic heterocycles. The van der Waals surface area contributed by atoms with Crippen molar-refractivity contribution in [1.82, 2.24) is 4.31 Å². The van der Waals surface area contributed by atoms with Crippen LogP contribution in [0, 0.1) is 11.8 Å². The summed E-state index contributed by atoms with van der Waals surface area (Å²) in [5.74, 6) is 1.42. The smallest absolute Gasteiger partial charge is 0.207 e. The molecular formula is C13H18ClNO2S2. The molecule has 2 aliphatic carbocycles. The Bertz CT molecular complexity index is 533. The lowest BCUT2D eigenvalue weighted by Gasteiger charge is -2.22. The Balaban J connectivity index is 1.85. The van der Waals surface area contributed by atoms with Crippen LogP contribution in [0.15, 0.2) is 16.3 Å². The Morgan fingerprint density at radius 2 is 1.79 bits per heavy atom. The van der Waals surface area contributed by atoms with E-state index in [0.29, 0.717) is 29.8 Å². The number of sulfonamides is 1. The van der Waals surface area contributed by atoms with Crippen LogP contribution in [0.25, 0.3) is 0 Å². The largest absolute Gasteiger partial charge is 0.244 e. The number of thiophene rings is 1. The van der Waals surface area contributed by atoms with Crippen molar-refractivity contribution >= 4 is 33.0 Å². The van der Waals surface area contributed by atoms with E-state index in [4.69, 9.17) is 11.6 Å². The van der Waals surface area contributed by atoms with E-state index < -0.39 is 10.0 Å². The van der Waals surface area contributed by atoms with Crippen molar-refractivity contribution in [3.8, 4) is 0 Å². The molecule has 0 saturated heterocycles. The van der Waals surface area contributed by atoms with Gasteiger partial charge in [0.25, 0.3) is 0 Å². The van der Waals surface area contributed by atoms with Gasteiger partial charge in [-0.15, -0.1) is 22.9 Å². The maximum absolute atomic E-state index is 12.8. The monoisotopic (exact) mass is 319 g/mol. The Labute approximate surface area is 123 Å². The van der Waals surface area contributed by atoms with Gasteiger partial charge in [-0.05, 0) is 49.0 Å². The quantitative estimate of drug-likeness (QED) is 0.723. The molecule has 3 nitrogen and oxygen atoms in total. The highest BCUT2D eigenvalue weighted by Gasteiger charge is 2.36. The lowest BCUT2D eigenvalue weighted by Crippen LogP contribution is -2.35. The molecular weight excluding hydrogens is 302 g/mol. The number of hydrogen-bond acceptors (Lipinski definition) is 3. The van der Waals surface area contributed by atoms with Crippen LogP contribution in [0.3, 0.4) is 0 Å². The van der Waals surface area contributed by atoms with Gasteiger partial charge in [0.2, 0.25) is 10.0 Å². The van der Waals surface area contributed by atoms with E-state index in [9.17, 15) is 8.42 Å². The summed E-state index contributed by atoms with van der Waals surface area (Å²) in [6.07, 6.45) is 4.68. The second-order valence-corrected chi connectivity index (χ2v) is 8.72. The van der Waals surface area contributed by atoms with Crippen molar-refractivity contribution in [3.05, 3.63) is 16.3 Å². The van der Waals surface area contributed by atoms with Crippen LogP contribution in [-0.2, 0) is 15.9 Å². The summed E-state index contributed by atoms with van der Waals surface area (Å²) in [7, 11) is -3.35. The zero-order valence-corrected chi connectivity index (χ0v) is 13.1. The number of nitrogens with zero attached hydrogens (tertiary/aromatic N) is 1. The van der Waals surface area contributed by atoms with Crippen molar-refractivity contribution in [2.45, 2.75) is 36.5 Å². The molecule has 0 amide bonds. The minimum atomic E-state index is -3.35. The summed E-state index contributed by atoms with van der Waals surface area (Å²) in [6.45, 7) is 1.38. The van der Waals surface area contributed by atoms with Crippen molar-refractivity contribution in [2.75, 3.05) is 13.1 Å². The highest BCUT2D eigenvalue weighted by molar-refractivity contribution is 7.89. The molecule has 0 N–H and O–H groups in total. The van der Waals surface area contributed by atoms with Crippen molar-refractivity contribution in [1.29, 1.82) is 0 Å². The summed E-state index contributed by atoms with van der Waals surface area (Å²) in [4.78, 5) is 1.19. The zero-order chi connectivity index (χ0) is 13.5. The van der Waals surface area contributed by atoms with Crippen LogP contribution >= 0.6 is 22.9 Å². The first-order valence-electron chi connectivity index (χ1n) is 6.73. The second kappa shape index (κ2) is 5.35. The van der Waals surface area contributed by atoms with Gasteiger partial charge in [-0.2, -0.15) is 4.31 Å². The number of alkyl halides is 1. The fourth-order valence-electron chi connectivity index (χ4n) is 2.24. The molecule has 2 aliphatic rings. The van der Waals surface area contributed by atoms with Gasteiger partial charge in [-0.25, -0.2) is 8.42 Å². The van der Waals surface area contributed by atoms with E-state index in [1.807, 2.05) is 5.38 Å². The Morgan fingerprint density at radius 3 is 2.26 bits per heavy atom. The molecule has 0 spiro atoms. The third-order valence-corrected chi connectivity index (χ3v) is 7.15. The lowest BCUT2D eigenvalue weighted by molar-refractivity contribution is 0.382. The molecule has 1 aromatic heterocycles. The molecule has 0 unspecified atom stereocenters. The predicted molar refractivity (Wildman–Crippen MR) is 78.1 cm³/mol. The fourth-order valence-corrected chi connectivity index (χ4v) is 5.51. The molecule has 2 fully saturated rings. The molecule has 3 rings (SSSR count). The molecule has 1 aromatic rings. The molecule has 6 heteroatoms. The average Bonchev–Trinajstić information content (AvgIpc) is 3.30. The van der Waals surface area contributed by atoms with E-state index in [1.54, 1.807) is 10.4 Å². The van der Waals surface area contributed by atoms with Crippen LogP contribution in [-0.4, -0.2) is 25.8 Å². The van der Waals surface area contributed by atoms with Gasteiger partial charge in [0.15, 0.2) is 0 Å². The molecule has 1 heterocycles. The van der Waals surface area contributed by atoms with Crippen molar-refractivity contribution in [3.63, 3.8) is 0 Å². The van der Waals surface area contributed by atoms with Gasteiger partial charge in [0, 0.05) is 18.0 Å². The topological polar surface area (TPSA) is 37.4 Å². The van der Waals surface area contributed by atoms with E-state index in [1.165, 1.54) is 37.0 Å². The maximum Gasteiger partial charge on any atom is 0.244 e. The van der Waals surface area contributed by atoms with Crippen LogP contribution in [0.5, 0.6) is 0 Å². The average molecular weight is 320 g/mol. The minimum Gasteiger partial charge on any atom is -0.207 e. The van der Waals surface area contributed by atoms with E-state index in [2.05, 4.69) is 0 Å². The van der Waals surface area contributed by atoms with Crippen LogP contribution < -0.4 is 0 Å². The highest BCUT2D eigenvalue weighted by atomic mass is 35.5. The standard InChI is InChI=1S/C13H18ClNO2S2/c14-7-12-13(5-6-18-12)19(16,17)15(8-10-1-2-10)9-11-3-4-11/h5-6,10-11H,1-4,7-9H2. The number of rotatable bonds is 7. The summed E-state index contributed by atoms with van der Waals surface area (Å²) in [5.41, 5.74) is 0. The van der Waals surface area contributed by atoms with Crippen molar-refractivity contribution < 1.29 is 8.42 Å². The summed E-state index contributed by atoms with van der Waals surface area (Å²) in [6, 6.07) is 1.70. The van der Waals surface area contributed by atoms with Crippen LogP contribution in [0.2, 0.25) is 0 Å². The molecule has 0 aromatic carbocycles. The first-order valence-corrected chi connectivity index (χ1v) is 9.59. The SMILES string of the molecule is O=S(=O)(c1ccsc1CCl)N(CC1CC1)CC1CC1. The summed E-state index contributed by atoms with van der Waals surface area (Å²) < 4.78 is 27.3. The molecule has 19 heavy (non-hydrogen) atoms. The van der Waals surface area contributed by atoms with E-state index >= 15 is 0 Å². The minimum absolute atomic E-state index is 0.271. The summed E-state index contributed by atoms with van der Waals surface area (Å²) in [5, 5.41) is 1.82. The number of halogens is 1.